The molecular weight excluding hydrogens is 509 g/mol. The van der Waals surface area contributed by atoms with Gasteiger partial charge in [-0.15, -0.1) is 0 Å². The second-order valence-electron chi connectivity index (χ2n) is 8.54. The summed E-state index contributed by atoms with van der Waals surface area (Å²) in [5, 5.41) is 3.62. The predicted octanol–water partition coefficient (Wildman–Crippen LogP) is 4.64. The first-order chi connectivity index (χ1) is 16.4. The number of nitrogens with one attached hydrogen (secondary N) is 1. The van der Waals surface area contributed by atoms with Crippen molar-refractivity contribution in [3.63, 3.8) is 0 Å². The third kappa shape index (κ3) is 7.43. The molecule has 10 heteroatoms. The molecule has 0 aliphatic carbocycles. The van der Waals surface area contributed by atoms with Gasteiger partial charge in [-0.3, -0.25) is 9.59 Å². The molecule has 0 saturated heterocycles. The van der Waals surface area contributed by atoms with Gasteiger partial charge in [0.25, 0.3) is 0 Å². The van der Waals surface area contributed by atoms with E-state index in [0.717, 1.165) is 16.3 Å². The number of carbonyl (C=O) groups excluding carboxylic acids is 2. The Hall–Kier alpha value is -2.13. The fraction of sp³-hybridized carbons (Fsp3) is 0.440. The molecule has 0 fully saturated rings. The molecule has 0 saturated carbocycles. The Morgan fingerprint density at radius 2 is 1.57 bits per heavy atom. The lowest BCUT2D eigenvalue weighted by atomic mass is 10.1. The highest BCUT2D eigenvalue weighted by atomic mass is 35.5. The van der Waals surface area contributed by atoms with E-state index in [2.05, 4.69) is 5.32 Å². The van der Waals surface area contributed by atoms with Crippen LogP contribution in [0.4, 0.5) is 0 Å². The molecule has 192 valence electrons. The van der Waals surface area contributed by atoms with E-state index in [1.165, 1.54) is 24.1 Å². The summed E-state index contributed by atoms with van der Waals surface area (Å²) in [5.41, 5.74) is 1.41. The summed E-state index contributed by atoms with van der Waals surface area (Å²) in [6.07, 6.45) is 1.05. The molecule has 0 aliphatic rings. The van der Waals surface area contributed by atoms with Crippen LogP contribution in [0.25, 0.3) is 0 Å². The summed E-state index contributed by atoms with van der Waals surface area (Å²) in [6.45, 7) is 6.99. The number of likely N-dealkylation sites (N-methyl/N-ethyl adjacent to an activating group) is 1. The van der Waals surface area contributed by atoms with Gasteiger partial charge in [-0.05, 0) is 51.0 Å². The first-order valence-electron chi connectivity index (χ1n) is 11.5. The van der Waals surface area contributed by atoms with Crippen LogP contribution in [0.3, 0.4) is 0 Å². The highest BCUT2D eigenvalue weighted by Crippen LogP contribution is 2.27. The topological polar surface area (TPSA) is 86.8 Å². The summed E-state index contributed by atoms with van der Waals surface area (Å²) in [4.78, 5) is 28.0. The van der Waals surface area contributed by atoms with Crippen molar-refractivity contribution in [2.75, 3.05) is 13.6 Å². The van der Waals surface area contributed by atoms with E-state index < -0.39 is 28.5 Å². The fourth-order valence-electron chi connectivity index (χ4n) is 3.47. The Labute approximate surface area is 218 Å². The molecule has 2 amide bonds. The molecule has 0 aliphatic heterocycles. The van der Waals surface area contributed by atoms with Gasteiger partial charge in [-0.2, -0.15) is 4.31 Å². The van der Waals surface area contributed by atoms with E-state index in [0.29, 0.717) is 22.0 Å². The van der Waals surface area contributed by atoms with E-state index in [1.54, 1.807) is 37.3 Å². The Morgan fingerprint density at radius 3 is 2.09 bits per heavy atom. The number of amides is 2. The quantitative estimate of drug-likeness (QED) is 0.448. The highest BCUT2D eigenvalue weighted by molar-refractivity contribution is 7.89. The number of carbonyl (C=O) groups is 2. The molecule has 7 nitrogen and oxygen atoms in total. The molecule has 1 N–H and O–H groups in total. The summed E-state index contributed by atoms with van der Waals surface area (Å²) in [7, 11) is -2.57. The summed E-state index contributed by atoms with van der Waals surface area (Å²) >= 11 is 12.7. The lowest BCUT2D eigenvalue weighted by Gasteiger charge is -2.33. The van der Waals surface area contributed by atoms with Crippen LogP contribution >= 0.6 is 23.2 Å². The highest BCUT2D eigenvalue weighted by Gasteiger charge is 2.32. The van der Waals surface area contributed by atoms with E-state index in [4.69, 9.17) is 23.2 Å². The second-order valence-corrected chi connectivity index (χ2v) is 11.4. The third-order valence-corrected chi connectivity index (χ3v) is 8.39. The van der Waals surface area contributed by atoms with Crippen molar-refractivity contribution in [3.05, 3.63) is 63.6 Å². The Balaban J connectivity index is 2.39. The maximum atomic E-state index is 13.5. The Morgan fingerprint density at radius 1 is 1.00 bits per heavy atom. The molecule has 2 aromatic carbocycles. The van der Waals surface area contributed by atoms with E-state index in [-0.39, 0.29) is 23.4 Å². The van der Waals surface area contributed by atoms with E-state index in [1.807, 2.05) is 20.8 Å². The van der Waals surface area contributed by atoms with Crippen LogP contribution in [0, 0.1) is 6.92 Å². The van der Waals surface area contributed by atoms with Gasteiger partial charge in [0.05, 0.1) is 11.4 Å². The van der Waals surface area contributed by atoms with Crippen LogP contribution in [0.2, 0.25) is 10.0 Å². The van der Waals surface area contributed by atoms with Crippen molar-refractivity contribution in [1.29, 1.82) is 0 Å². The van der Waals surface area contributed by atoms with Gasteiger partial charge in [0.1, 0.15) is 6.04 Å². The average molecular weight is 543 g/mol. The van der Waals surface area contributed by atoms with Gasteiger partial charge >= 0.3 is 0 Å². The standard InChI is InChI=1S/C25H33Cl2N3O4S/c1-6-18(4)28-25(32)23(7-2)30(15-20-21(26)9-8-10-22(20)27)24(31)16-29(5)35(33,34)19-13-11-17(3)12-14-19/h8-14,18,23H,6-7,15-16H2,1-5H3,(H,28,32)/t18-,23+/m1/s1. The molecule has 0 radical (unpaired) electrons. The van der Waals surface area contributed by atoms with Crippen LogP contribution in [0.1, 0.15) is 44.7 Å². The zero-order valence-corrected chi connectivity index (χ0v) is 23.0. The monoisotopic (exact) mass is 541 g/mol. The second kappa shape index (κ2) is 12.7. The van der Waals surface area contributed by atoms with Crippen molar-refractivity contribution in [1.82, 2.24) is 14.5 Å². The summed E-state index contributed by atoms with van der Waals surface area (Å²) in [5.74, 6) is -0.854. The van der Waals surface area contributed by atoms with Crippen LogP contribution in [-0.2, 0) is 26.2 Å². The maximum absolute atomic E-state index is 13.5. The number of halogens is 2. The molecule has 0 spiro atoms. The van der Waals surface area contributed by atoms with Crippen LogP contribution < -0.4 is 5.32 Å². The minimum absolute atomic E-state index is 0.0395. The van der Waals surface area contributed by atoms with Crippen molar-refractivity contribution < 1.29 is 18.0 Å². The predicted molar refractivity (Wildman–Crippen MR) is 140 cm³/mol. The SMILES string of the molecule is CC[C@@H](C)NC(=O)[C@H](CC)N(Cc1c(Cl)cccc1Cl)C(=O)CN(C)S(=O)(=O)c1ccc(C)cc1. The summed E-state index contributed by atoms with van der Waals surface area (Å²) in [6, 6.07) is 10.5. The molecule has 0 heterocycles. The number of benzene rings is 2. The van der Waals surface area contributed by atoms with Gasteiger partial charge in [0.15, 0.2) is 0 Å². The normalized spacial score (nSPS) is 13.4. The Kier molecular flexibility index (Phi) is 10.6. The lowest BCUT2D eigenvalue weighted by molar-refractivity contribution is -0.141. The lowest BCUT2D eigenvalue weighted by Crippen LogP contribution is -2.53. The third-order valence-electron chi connectivity index (χ3n) is 5.86. The van der Waals surface area contributed by atoms with Crippen molar-refractivity contribution in [2.45, 2.75) is 64.1 Å². The zero-order valence-electron chi connectivity index (χ0n) is 20.7. The number of sulfonamides is 1. The van der Waals surface area contributed by atoms with Gasteiger partial charge in [0.2, 0.25) is 21.8 Å². The number of rotatable bonds is 11. The number of aryl methyl sites for hydroxylation is 1. The van der Waals surface area contributed by atoms with Crippen molar-refractivity contribution in [2.24, 2.45) is 0 Å². The van der Waals surface area contributed by atoms with Gasteiger partial charge < -0.3 is 10.2 Å². The number of nitrogens with zero attached hydrogens (tertiary/aromatic N) is 2. The number of hydrogen-bond acceptors (Lipinski definition) is 4. The molecule has 2 rings (SSSR count). The molecule has 0 bridgehead atoms. The van der Waals surface area contributed by atoms with Gasteiger partial charge in [-0.25, -0.2) is 8.42 Å². The average Bonchev–Trinajstić information content (AvgIpc) is 2.80. The van der Waals surface area contributed by atoms with E-state index >= 15 is 0 Å². The fourth-order valence-corrected chi connectivity index (χ4v) is 5.11. The van der Waals surface area contributed by atoms with Crippen LogP contribution in [0.5, 0.6) is 0 Å². The first-order valence-corrected chi connectivity index (χ1v) is 13.7. The van der Waals surface area contributed by atoms with E-state index in [9.17, 15) is 18.0 Å². The molecule has 2 atom stereocenters. The van der Waals surface area contributed by atoms with Crippen molar-refractivity contribution in [3.8, 4) is 0 Å². The van der Waals surface area contributed by atoms with Crippen LogP contribution in [0.15, 0.2) is 47.4 Å². The largest absolute Gasteiger partial charge is 0.352 e. The zero-order chi connectivity index (χ0) is 26.3. The maximum Gasteiger partial charge on any atom is 0.243 e. The molecule has 0 unspecified atom stereocenters. The smallest absolute Gasteiger partial charge is 0.243 e. The minimum Gasteiger partial charge on any atom is -0.352 e. The van der Waals surface area contributed by atoms with Crippen LogP contribution in [-0.4, -0.2) is 55.1 Å². The molecule has 2 aromatic rings. The molecule has 35 heavy (non-hydrogen) atoms. The number of hydrogen-bond donors (Lipinski definition) is 1. The Bertz CT molecular complexity index is 1120. The van der Waals surface area contributed by atoms with Gasteiger partial charge in [-0.1, -0.05) is 60.8 Å². The molecule has 0 aromatic heterocycles. The molecular formula is C25H33Cl2N3O4S. The summed E-state index contributed by atoms with van der Waals surface area (Å²) < 4.78 is 27.1. The van der Waals surface area contributed by atoms with Crippen molar-refractivity contribution >= 4 is 45.0 Å². The van der Waals surface area contributed by atoms with Gasteiger partial charge in [0, 0.05) is 35.2 Å². The first kappa shape index (κ1) is 29.1. The minimum atomic E-state index is -3.92.